The number of rotatable bonds is 5. The molecule has 0 bridgehead atoms. The van der Waals surface area contributed by atoms with Crippen LogP contribution in [0.2, 0.25) is 0 Å². The molecule has 0 aliphatic carbocycles. The Morgan fingerprint density at radius 1 is 1.25 bits per heavy atom. The van der Waals surface area contributed by atoms with E-state index in [2.05, 4.69) is 5.32 Å². The first-order valence-electron chi connectivity index (χ1n) is 5.44. The van der Waals surface area contributed by atoms with Crippen LogP contribution in [0.25, 0.3) is 0 Å². The molecule has 1 aromatic carbocycles. The van der Waals surface area contributed by atoms with Gasteiger partial charge in [0.1, 0.15) is 5.78 Å². The zero-order valence-electron chi connectivity index (χ0n) is 9.75. The molecule has 0 fully saturated rings. The Balaban J connectivity index is 2.41. The number of amides is 1. The van der Waals surface area contributed by atoms with Crippen molar-refractivity contribution in [2.75, 3.05) is 6.54 Å². The standard InChI is InChI=1S/C13H17NO2/c1-10-6-3-4-8-12(10)13(16)14-9-5-7-11(2)15/h3-4,6,8H,5,7,9H2,1-2H3,(H,14,16). The van der Waals surface area contributed by atoms with E-state index in [-0.39, 0.29) is 11.7 Å². The third-order valence-electron chi connectivity index (χ3n) is 2.38. The van der Waals surface area contributed by atoms with Crippen molar-refractivity contribution in [1.82, 2.24) is 5.32 Å². The molecule has 1 N–H and O–H groups in total. The van der Waals surface area contributed by atoms with E-state index in [0.29, 0.717) is 24.9 Å². The first-order valence-corrected chi connectivity index (χ1v) is 5.44. The Hall–Kier alpha value is -1.64. The molecule has 3 heteroatoms. The molecule has 3 nitrogen and oxygen atoms in total. The summed E-state index contributed by atoms with van der Waals surface area (Å²) in [4.78, 5) is 22.4. The molecule has 0 aliphatic heterocycles. The van der Waals surface area contributed by atoms with Gasteiger partial charge in [0.15, 0.2) is 0 Å². The van der Waals surface area contributed by atoms with E-state index in [1.165, 1.54) is 0 Å². The van der Waals surface area contributed by atoms with Gasteiger partial charge in [-0.15, -0.1) is 0 Å². The van der Waals surface area contributed by atoms with Crippen molar-refractivity contribution >= 4 is 11.7 Å². The molecule has 0 aliphatic rings. The lowest BCUT2D eigenvalue weighted by Gasteiger charge is -2.06. The van der Waals surface area contributed by atoms with Crippen LogP contribution >= 0.6 is 0 Å². The van der Waals surface area contributed by atoms with Crippen molar-refractivity contribution in [3.05, 3.63) is 35.4 Å². The highest BCUT2D eigenvalue weighted by atomic mass is 16.1. The number of carbonyl (C=O) groups is 2. The molecule has 0 atom stereocenters. The van der Waals surface area contributed by atoms with Crippen LogP contribution in [-0.4, -0.2) is 18.2 Å². The molecule has 1 rings (SSSR count). The molecular weight excluding hydrogens is 202 g/mol. The highest BCUT2D eigenvalue weighted by Gasteiger charge is 2.06. The average molecular weight is 219 g/mol. The number of ketones is 1. The Bertz CT molecular complexity index is 385. The Labute approximate surface area is 95.9 Å². The minimum absolute atomic E-state index is 0.0679. The summed E-state index contributed by atoms with van der Waals surface area (Å²) in [7, 11) is 0. The van der Waals surface area contributed by atoms with Crippen molar-refractivity contribution in [2.24, 2.45) is 0 Å². The van der Waals surface area contributed by atoms with Gasteiger partial charge in [0.2, 0.25) is 0 Å². The monoisotopic (exact) mass is 219 g/mol. The summed E-state index contributed by atoms with van der Waals surface area (Å²) in [5.41, 5.74) is 1.66. The summed E-state index contributed by atoms with van der Waals surface area (Å²) < 4.78 is 0. The Kier molecular flexibility index (Phi) is 4.70. The van der Waals surface area contributed by atoms with Crippen LogP contribution in [0.1, 0.15) is 35.7 Å². The molecule has 16 heavy (non-hydrogen) atoms. The molecule has 0 spiro atoms. The smallest absolute Gasteiger partial charge is 0.251 e. The van der Waals surface area contributed by atoms with Gasteiger partial charge in [-0.3, -0.25) is 4.79 Å². The predicted octanol–water partition coefficient (Wildman–Crippen LogP) is 2.09. The number of carbonyl (C=O) groups excluding carboxylic acids is 2. The Morgan fingerprint density at radius 3 is 2.56 bits per heavy atom. The molecule has 86 valence electrons. The van der Waals surface area contributed by atoms with E-state index in [9.17, 15) is 9.59 Å². The van der Waals surface area contributed by atoms with Crippen molar-refractivity contribution < 1.29 is 9.59 Å². The molecule has 0 radical (unpaired) electrons. The molecule has 1 amide bonds. The fraction of sp³-hybridized carbons (Fsp3) is 0.385. The van der Waals surface area contributed by atoms with Crippen LogP contribution in [0.15, 0.2) is 24.3 Å². The highest BCUT2D eigenvalue weighted by Crippen LogP contribution is 2.06. The molecule has 0 unspecified atom stereocenters. The minimum atomic E-state index is -0.0679. The summed E-state index contributed by atoms with van der Waals surface area (Å²) in [6.07, 6.45) is 1.22. The van der Waals surface area contributed by atoms with Gasteiger partial charge in [-0.05, 0) is 31.9 Å². The fourth-order valence-electron chi connectivity index (χ4n) is 1.46. The van der Waals surface area contributed by atoms with Gasteiger partial charge < -0.3 is 10.1 Å². The first kappa shape index (κ1) is 12.4. The van der Waals surface area contributed by atoms with Gasteiger partial charge in [0.25, 0.3) is 5.91 Å². The van der Waals surface area contributed by atoms with Crippen molar-refractivity contribution in [1.29, 1.82) is 0 Å². The van der Waals surface area contributed by atoms with Gasteiger partial charge in [-0.25, -0.2) is 0 Å². The Morgan fingerprint density at radius 2 is 1.94 bits per heavy atom. The molecule has 1 aromatic rings. The zero-order valence-corrected chi connectivity index (χ0v) is 9.75. The average Bonchev–Trinajstić information content (AvgIpc) is 2.24. The lowest BCUT2D eigenvalue weighted by molar-refractivity contribution is -0.117. The number of nitrogens with one attached hydrogen (secondary N) is 1. The number of aryl methyl sites for hydroxylation is 1. The van der Waals surface area contributed by atoms with Gasteiger partial charge in [0, 0.05) is 18.5 Å². The second kappa shape index (κ2) is 6.05. The van der Waals surface area contributed by atoms with Gasteiger partial charge in [-0.1, -0.05) is 18.2 Å². The van der Waals surface area contributed by atoms with Crippen molar-refractivity contribution in [3.8, 4) is 0 Å². The topological polar surface area (TPSA) is 46.2 Å². The normalized spacial score (nSPS) is 9.88. The summed E-state index contributed by atoms with van der Waals surface area (Å²) in [6, 6.07) is 7.46. The van der Waals surface area contributed by atoms with E-state index < -0.39 is 0 Å². The van der Waals surface area contributed by atoms with Crippen LogP contribution in [0, 0.1) is 6.92 Å². The largest absolute Gasteiger partial charge is 0.352 e. The van der Waals surface area contributed by atoms with Crippen LogP contribution in [-0.2, 0) is 4.79 Å². The zero-order chi connectivity index (χ0) is 12.0. The van der Waals surface area contributed by atoms with Crippen molar-refractivity contribution in [3.63, 3.8) is 0 Å². The van der Waals surface area contributed by atoms with Crippen LogP contribution in [0.5, 0.6) is 0 Å². The number of hydrogen-bond donors (Lipinski definition) is 1. The predicted molar refractivity (Wildman–Crippen MR) is 63.4 cm³/mol. The highest BCUT2D eigenvalue weighted by molar-refractivity contribution is 5.95. The third-order valence-corrected chi connectivity index (χ3v) is 2.38. The van der Waals surface area contributed by atoms with Crippen molar-refractivity contribution in [2.45, 2.75) is 26.7 Å². The molecule has 0 saturated heterocycles. The minimum Gasteiger partial charge on any atom is -0.352 e. The summed E-state index contributed by atoms with van der Waals surface area (Å²) in [5.74, 6) is 0.0896. The third kappa shape index (κ3) is 3.85. The molecule has 0 heterocycles. The molecule has 0 saturated carbocycles. The number of hydrogen-bond acceptors (Lipinski definition) is 2. The van der Waals surface area contributed by atoms with E-state index in [4.69, 9.17) is 0 Å². The number of benzene rings is 1. The van der Waals surface area contributed by atoms with Crippen LogP contribution < -0.4 is 5.32 Å². The van der Waals surface area contributed by atoms with E-state index in [0.717, 1.165) is 5.56 Å². The number of Topliss-reactive ketones (excluding diaryl/α,β-unsaturated/α-hetero) is 1. The second-order valence-corrected chi connectivity index (χ2v) is 3.88. The van der Waals surface area contributed by atoms with E-state index in [1.807, 2.05) is 25.1 Å². The van der Waals surface area contributed by atoms with E-state index in [1.54, 1.807) is 13.0 Å². The summed E-state index contributed by atoms with van der Waals surface area (Å²) in [5, 5.41) is 2.80. The quantitative estimate of drug-likeness (QED) is 0.771. The summed E-state index contributed by atoms with van der Waals surface area (Å²) >= 11 is 0. The summed E-state index contributed by atoms with van der Waals surface area (Å²) in [6.45, 7) is 4.01. The maximum Gasteiger partial charge on any atom is 0.251 e. The van der Waals surface area contributed by atoms with Crippen LogP contribution in [0.4, 0.5) is 0 Å². The lowest BCUT2D eigenvalue weighted by Crippen LogP contribution is -2.25. The maximum absolute atomic E-state index is 11.7. The molecule has 0 aromatic heterocycles. The van der Waals surface area contributed by atoms with E-state index >= 15 is 0 Å². The second-order valence-electron chi connectivity index (χ2n) is 3.88. The molecular formula is C13H17NO2. The first-order chi connectivity index (χ1) is 7.61. The SMILES string of the molecule is CC(=O)CCCNC(=O)c1ccccc1C. The van der Waals surface area contributed by atoms with Gasteiger partial charge in [0.05, 0.1) is 0 Å². The van der Waals surface area contributed by atoms with Gasteiger partial charge in [-0.2, -0.15) is 0 Å². The van der Waals surface area contributed by atoms with Gasteiger partial charge >= 0.3 is 0 Å². The fourth-order valence-corrected chi connectivity index (χ4v) is 1.46. The lowest BCUT2D eigenvalue weighted by atomic mass is 10.1. The van der Waals surface area contributed by atoms with Crippen LogP contribution in [0.3, 0.4) is 0 Å². The maximum atomic E-state index is 11.7.